The van der Waals surface area contributed by atoms with Crippen molar-refractivity contribution < 1.29 is 23.1 Å². The molecule has 7 nitrogen and oxygen atoms in total. The van der Waals surface area contributed by atoms with Gasteiger partial charge < -0.3 is 15.0 Å². The average Bonchev–Trinajstić information content (AvgIpc) is 2.55. The molecule has 0 saturated carbocycles. The van der Waals surface area contributed by atoms with Crippen LogP contribution in [0.25, 0.3) is 0 Å². The van der Waals surface area contributed by atoms with Crippen molar-refractivity contribution in [3.8, 4) is 0 Å². The highest BCUT2D eigenvalue weighted by molar-refractivity contribution is 5.82. The van der Waals surface area contributed by atoms with Crippen molar-refractivity contribution in [2.75, 3.05) is 66.1 Å². The third-order valence-corrected chi connectivity index (χ3v) is 4.23. The highest BCUT2D eigenvalue weighted by Gasteiger charge is 2.35. The first kappa shape index (κ1) is 18.0. The van der Waals surface area contributed by atoms with Crippen molar-refractivity contribution in [2.24, 2.45) is 0 Å². The fraction of sp³-hybridized carbons (Fsp3) is 0.857. The van der Waals surface area contributed by atoms with E-state index >= 15 is 0 Å². The molecule has 2 fully saturated rings. The topological polar surface area (TPSA) is 65.1 Å². The lowest BCUT2D eigenvalue weighted by Gasteiger charge is -2.40. The molecule has 23 heavy (non-hydrogen) atoms. The number of carbonyl (C=O) groups is 2. The summed E-state index contributed by atoms with van der Waals surface area (Å²) >= 11 is 0. The molecule has 0 spiro atoms. The molecule has 0 aromatic heterocycles. The maximum absolute atomic E-state index is 12.7. The van der Waals surface area contributed by atoms with Gasteiger partial charge in [0.05, 0.1) is 26.3 Å². The first-order valence-electron chi connectivity index (χ1n) is 7.83. The number of morpholine rings is 1. The van der Waals surface area contributed by atoms with Crippen LogP contribution in [0.4, 0.5) is 8.78 Å². The standard InChI is InChI=1S/C14H24F2N4O3/c1-17-13(21)9-18-2-4-19(5-3-18)14(22)11-10-23-7-6-20(11)8-12(15)16/h11-12H,2-10H2,1H3,(H,17,21). The Kier molecular flexibility index (Phi) is 6.67. The van der Waals surface area contributed by atoms with E-state index < -0.39 is 19.0 Å². The van der Waals surface area contributed by atoms with Gasteiger partial charge in [-0.15, -0.1) is 0 Å². The van der Waals surface area contributed by atoms with Crippen molar-refractivity contribution in [1.29, 1.82) is 0 Å². The number of amides is 2. The van der Waals surface area contributed by atoms with E-state index in [4.69, 9.17) is 4.74 Å². The summed E-state index contributed by atoms with van der Waals surface area (Å²) in [5.41, 5.74) is 0. The summed E-state index contributed by atoms with van der Waals surface area (Å²) in [6.45, 7) is 2.96. The summed E-state index contributed by atoms with van der Waals surface area (Å²) < 4.78 is 30.6. The van der Waals surface area contributed by atoms with E-state index in [2.05, 4.69) is 5.32 Å². The van der Waals surface area contributed by atoms with Crippen LogP contribution in [0.1, 0.15) is 0 Å². The molecule has 9 heteroatoms. The summed E-state index contributed by atoms with van der Waals surface area (Å²) in [7, 11) is 1.59. The van der Waals surface area contributed by atoms with Gasteiger partial charge in [-0.05, 0) is 0 Å². The number of ether oxygens (including phenoxy) is 1. The van der Waals surface area contributed by atoms with Crippen LogP contribution < -0.4 is 5.32 Å². The van der Waals surface area contributed by atoms with E-state index in [9.17, 15) is 18.4 Å². The van der Waals surface area contributed by atoms with Crippen LogP contribution in [0.5, 0.6) is 0 Å². The molecule has 0 aliphatic carbocycles. The van der Waals surface area contributed by atoms with Gasteiger partial charge in [-0.3, -0.25) is 19.4 Å². The number of likely N-dealkylation sites (N-methyl/N-ethyl adjacent to an activating group) is 1. The molecule has 2 aliphatic heterocycles. The zero-order valence-electron chi connectivity index (χ0n) is 13.3. The fourth-order valence-electron chi connectivity index (χ4n) is 2.88. The van der Waals surface area contributed by atoms with Gasteiger partial charge in [-0.2, -0.15) is 0 Å². The monoisotopic (exact) mass is 334 g/mol. The second kappa shape index (κ2) is 8.51. The third-order valence-electron chi connectivity index (χ3n) is 4.23. The molecule has 0 aromatic carbocycles. The van der Waals surface area contributed by atoms with Crippen LogP contribution in [-0.2, 0) is 14.3 Å². The Bertz CT molecular complexity index is 417. The second-order valence-corrected chi connectivity index (χ2v) is 5.75. The van der Waals surface area contributed by atoms with Crippen molar-refractivity contribution >= 4 is 11.8 Å². The number of hydrogen-bond acceptors (Lipinski definition) is 5. The Morgan fingerprint density at radius 3 is 2.52 bits per heavy atom. The fourth-order valence-corrected chi connectivity index (χ4v) is 2.88. The number of hydrogen-bond donors (Lipinski definition) is 1. The molecule has 2 amide bonds. The minimum absolute atomic E-state index is 0.0615. The normalized spacial score (nSPS) is 24.0. The number of piperazine rings is 1. The highest BCUT2D eigenvalue weighted by atomic mass is 19.3. The van der Waals surface area contributed by atoms with Crippen LogP contribution >= 0.6 is 0 Å². The van der Waals surface area contributed by atoms with E-state index in [1.165, 1.54) is 4.90 Å². The smallest absolute Gasteiger partial charge is 0.251 e. The number of nitrogens with one attached hydrogen (secondary N) is 1. The molecule has 2 saturated heterocycles. The molecule has 1 unspecified atom stereocenters. The van der Waals surface area contributed by atoms with Gasteiger partial charge in [0.25, 0.3) is 6.43 Å². The molecule has 1 atom stereocenters. The Hall–Kier alpha value is -1.32. The third kappa shape index (κ3) is 5.08. The zero-order valence-corrected chi connectivity index (χ0v) is 13.3. The van der Waals surface area contributed by atoms with Gasteiger partial charge in [0.2, 0.25) is 11.8 Å². The van der Waals surface area contributed by atoms with Crippen molar-refractivity contribution in [1.82, 2.24) is 20.0 Å². The Labute approximate surface area is 134 Å². The van der Waals surface area contributed by atoms with E-state index in [0.29, 0.717) is 45.9 Å². The lowest BCUT2D eigenvalue weighted by molar-refractivity contribution is -0.146. The zero-order chi connectivity index (χ0) is 16.8. The number of halogens is 2. The van der Waals surface area contributed by atoms with E-state index in [0.717, 1.165) is 0 Å². The predicted octanol–water partition coefficient (Wildman–Crippen LogP) is -1.16. The summed E-state index contributed by atoms with van der Waals surface area (Å²) in [4.78, 5) is 29.1. The molecule has 0 radical (unpaired) electrons. The van der Waals surface area contributed by atoms with Crippen LogP contribution in [0.2, 0.25) is 0 Å². The predicted molar refractivity (Wildman–Crippen MR) is 79.3 cm³/mol. The highest BCUT2D eigenvalue weighted by Crippen LogP contribution is 2.14. The molecule has 2 heterocycles. The number of alkyl halides is 2. The number of rotatable bonds is 5. The van der Waals surface area contributed by atoms with Gasteiger partial charge in [-0.25, -0.2) is 8.78 Å². The van der Waals surface area contributed by atoms with E-state index in [1.807, 2.05) is 4.90 Å². The maximum atomic E-state index is 12.7. The lowest BCUT2D eigenvalue weighted by Crippen LogP contribution is -2.59. The number of nitrogens with zero attached hydrogens (tertiary/aromatic N) is 3. The molecule has 0 aromatic rings. The van der Waals surface area contributed by atoms with Gasteiger partial charge in [0, 0.05) is 39.8 Å². The summed E-state index contributed by atoms with van der Waals surface area (Å²) in [6.07, 6.45) is -2.46. The van der Waals surface area contributed by atoms with E-state index in [-0.39, 0.29) is 18.4 Å². The van der Waals surface area contributed by atoms with Crippen LogP contribution in [0.15, 0.2) is 0 Å². The number of carbonyl (C=O) groups excluding carboxylic acids is 2. The summed E-state index contributed by atoms with van der Waals surface area (Å²) in [5.74, 6) is -0.224. The molecule has 132 valence electrons. The summed E-state index contributed by atoms with van der Waals surface area (Å²) in [6, 6.07) is -0.636. The Morgan fingerprint density at radius 2 is 1.91 bits per heavy atom. The molecular weight excluding hydrogens is 310 g/mol. The van der Waals surface area contributed by atoms with E-state index in [1.54, 1.807) is 11.9 Å². The molecule has 2 aliphatic rings. The SMILES string of the molecule is CNC(=O)CN1CCN(C(=O)C2COCCN2CC(F)F)CC1. The van der Waals surface area contributed by atoms with Crippen LogP contribution in [0, 0.1) is 0 Å². The van der Waals surface area contributed by atoms with Gasteiger partial charge in [-0.1, -0.05) is 0 Å². The first-order chi connectivity index (χ1) is 11.0. The van der Waals surface area contributed by atoms with Crippen LogP contribution in [-0.4, -0.2) is 105 Å². The summed E-state index contributed by atoms with van der Waals surface area (Å²) in [5, 5.41) is 2.57. The minimum Gasteiger partial charge on any atom is -0.378 e. The molecule has 0 bridgehead atoms. The maximum Gasteiger partial charge on any atom is 0.251 e. The molecule has 2 rings (SSSR count). The van der Waals surface area contributed by atoms with Gasteiger partial charge >= 0.3 is 0 Å². The van der Waals surface area contributed by atoms with Crippen molar-refractivity contribution in [3.05, 3.63) is 0 Å². The first-order valence-corrected chi connectivity index (χ1v) is 7.83. The Morgan fingerprint density at radius 1 is 1.22 bits per heavy atom. The average molecular weight is 334 g/mol. The van der Waals surface area contributed by atoms with Crippen molar-refractivity contribution in [3.63, 3.8) is 0 Å². The second-order valence-electron chi connectivity index (χ2n) is 5.75. The largest absolute Gasteiger partial charge is 0.378 e. The van der Waals surface area contributed by atoms with Gasteiger partial charge in [0.15, 0.2) is 0 Å². The van der Waals surface area contributed by atoms with Crippen molar-refractivity contribution in [2.45, 2.75) is 12.5 Å². The molecule has 1 N–H and O–H groups in total. The Balaban J connectivity index is 1.86. The molecular formula is C14H24F2N4O3. The quantitative estimate of drug-likeness (QED) is 0.687. The van der Waals surface area contributed by atoms with Gasteiger partial charge in [0.1, 0.15) is 6.04 Å². The lowest BCUT2D eigenvalue weighted by atomic mass is 10.1. The minimum atomic E-state index is -2.46. The van der Waals surface area contributed by atoms with Crippen LogP contribution in [0.3, 0.4) is 0 Å².